The summed E-state index contributed by atoms with van der Waals surface area (Å²) in [6.07, 6.45) is 0. The third-order valence-corrected chi connectivity index (χ3v) is 6.64. The van der Waals surface area contributed by atoms with Gasteiger partial charge in [-0.3, -0.25) is 0 Å². The highest BCUT2D eigenvalue weighted by atomic mass is 32.2. The lowest BCUT2D eigenvalue weighted by molar-refractivity contribution is 0.457. The summed E-state index contributed by atoms with van der Waals surface area (Å²) >= 11 is 2.01. The molecule has 0 spiro atoms. The Balaban J connectivity index is 1.64. The van der Waals surface area contributed by atoms with E-state index in [-0.39, 0.29) is 0 Å². The Morgan fingerprint density at radius 3 is 2.50 bits per heavy atom. The van der Waals surface area contributed by atoms with Crippen molar-refractivity contribution in [3.05, 3.63) is 29.8 Å². The summed E-state index contributed by atoms with van der Waals surface area (Å²) in [6.45, 7) is 10.6. The molecule has 1 heterocycles. The maximum absolute atomic E-state index is 3.81. The van der Waals surface area contributed by atoms with Crippen LogP contribution >= 0.6 is 11.8 Å². The van der Waals surface area contributed by atoms with E-state index in [1.54, 1.807) is 5.56 Å². The van der Waals surface area contributed by atoms with Crippen molar-refractivity contribution in [2.45, 2.75) is 44.6 Å². The predicted molar refractivity (Wildman–Crippen MR) is 79.3 cm³/mol. The van der Waals surface area contributed by atoms with E-state index in [2.05, 4.69) is 57.3 Å². The summed E-state index contributed by atoms with van der Waals surface area (Å²) in [5.74, 6) is 1.93. The van der Waals surface area contributed by atoms with Crippen LogP contribution in [0.3, 0.4) is 0 Å². The molecule has 1 unspecified atom stereocenters. The molecule has 2 aliphatic rings. The van der Waals surface area contributed by atoms with Crippen molar-refractivity contribution < 1.29 is 0 Å². The van der Waals surface area contributed by atoms with Gasteiger partial charge in [-0.2, -0.15) is 0 Å². The average molecular weight is 261 g/mol. The Hall–Kier alpha value is -0.470. The van der Waals surface area contributed by atoms with Gasteiger partial charge in [0.15, 0.2) is 0 Å². The molecule has 1 atom stereocenters. The zero-order valence-electron chi connectivity index (χ0n) is 11.8. The van der Waals surface area contributed by atoms with Crippen LogP contribution in [0.1, 0.15) is 39.2 Å². The van der Waals surface area contributed by atoms with Gasteiger partial charge in [0.05, 0.1) is 0 Å². The summed E-state index contributed by atoms with van der Waals surface area (Å²) in [6, 6.07) is 9.54. The van der Waals surface area contributed by atoms with Crippen LogP contribution in [0, 0.1) is 10.8 Å². The molecule has 1 N–H and O–H groups in total. The van der Waals surface area contributed by atoms with Crippen LogP contribution < -0.4 is 5.32 Å². The van der Waals surface area contributed by atoms with Crippen LogP contribution in [0.15, 0.2) is 29.2 Å². The van der Waals surface area contributed by atoms with Crippen molar-refractivity contribution in [2.24, 2.45) is 10.8 Å². The van der Waals surface area contributed by atoms with E-state index in [4.69, 9.17) is 0 Å². The second-order valence-electron chi connectivity index (χ2n) is 6.83. The number of hydrogen-bond donors (Lipinski definition) is 1. The van der Waals surface area contributed by atoms with Gasteiger partial charge in [0.1, 0.15) is 0 Å². The van der Waals surface area contributed by atoms with E-state index >= 15 is 0 Å². The zero-order valence-corrected chi connectivity index (χ0v) is 12.6. The number of hydrogen-bond acceptors (Lipinski definition) is 2. The van der Waals surface area contributed by atoms with Gasteiger partial charge in [0, 0.05) is 29.2 Å². The Morgan fingerprint density at radius 2 is 1.83 bits per heavy atom. The first kappa shape index (κ1) is 12.6. The topological polar surface area (TPSA) is 12.0 Å². The molecule has 1 aromatic carbocycles. The molecular formula is C16H23NS. The molecule has 0 bridgehead atoms. The quantitative estimate of drug-likeness (QED) is 0.885. The van der Waals surface area contributed by atoms with E-state index in [1.165, 1.54) is 10.6 Å². The molecule has 0 saturated heterocycles. The molecule has 1 fully saturated rings. The van der Waals surface area contributed by atoms with E-state index < -0.39 is 0 Å². The predicted octanol–water partition coefficient (Wildman–Crippen LogP) is 3.90. The molecule has 1 nitrogen and oxygen atoms in total. The minimum absolute atomic E-state index is 0.443. The molecule has 0 aromatic heterocycles. The molecular weight excluding hydrogens is 238 g/mol. The fraction of sp³-hybridized carbons (Fsp3) is 0.625. The normalized spacial score (nSPS) is 28.1. The van der Waals surface area contributed by atoms with E-state index in [0.29, 0.717) is 22.8 Å². The van der Waals surface area contributed by atoms with Gasteiger partial charge in [-0.15, -0.1) is 11.8 Å². The van der Waals surface area contributed by atoms with E-state index in [9.17, 15) is 0 Å². The largest absolute Gasteiger partial charge is 0.312 e. The smallest absolute Gasteiger partial charge is 0.0181 e. The van der Waals surface area contributed by atoms with Gasteiger partial charge < -0.3 is 5.32 Å². The SMILES string of the molecule is CC1(C)C(NCC2CSc3ccccc32)C1(C)C. The van der Waals surface area contributed by atoms with Crippen LogP contribution in [0.4, 0.5) is 0 Å². The number of nitrogens with one attached hydrogen (secondary N) is 1. The Kier molecular flexibility index (Phi) is 2.80. The fourth-order valence-electron chi connectivity index (χ4n) is 3.37. The van der Waals surface area contributed by atoms with Crippen molar-refractivity contribution >= 4 is 11.8 Å². The molecule has 1 aromatic rings. The van der Waals surface area contributed by atoms with Gasteiger partial charge in [0.25, 0.3) is 0 Å². The minimum atomic E-state index is 0.443. The Bertz CT molecular complexity index is 450. The molecule has 18 heavy (non-hydrogen) atoms. The molecule has 0 amide bonds. The Morgan fingerprint density at radius 1 is 1.17 bits per heavy atom. The zero-order chi connectivity index (χ0) is 13.0. The third kappa shape index (κ3) is 1.73. The van der Waals surface area contributed by atoms with Crippen molar-refractivity contribution in [2.75, 3.05) is 12.3 Å². The molecule has 1 aliphatic carbocycles. The second kappa shape index (κ2) is 4.01. The molecule has 0 radical (unpaired) electrons. The molecule has 2 heteroatoms. The summed E-state index contributed by atoms with van der Waals surface area (Å²) in [5, 5.41) is 3.81. The number of fused-ring (bicyclic) bond motifs is 1. The lowest BCUT2D eigenvalue weighted by Gasteiger charge is -2.13. The first-order valence-corrected chi connectivity index (χ1v) is 7.88. The molecule has 1 saturated carbocycles. The molecule has 3 rings (SSSR count). The standard InChI is InChI=1S/C16H23NS/c1-15(2)14(16(15,3)4)17-9-11-10-18-13-8-6-5-7-12(11)13/h5-8,11,14,17H,9-10H2,1-4H3. The second-order valence-corrected chi connectivity index (χ2v) is 7.89. The lowest BCUT2D eigenvalue weighted by atomic mass is 10.0. The third-order valence-electron chi connectivity index (χ3n) is 5.39. The maximum Gasteiger partial charge on any atom is 0.0181 e. The number of thioether (sulfide) groups is 1. The summed E-state index contributed by atoms with van der Waals surface area (Å²) < 4.78 is 0. The van der Waals surface area contributed by atoms with Crippen LogP contribution in [0.25, 0.3) is 0 Å². The summed E-state index contributed by atoms with van der Waals surface area (Å²) in [5.41, 5.74) is 2.43. The fourth-order valence-corrected chi connectivity index (χ4v) is 4.62. The van der Waals surface area contributed by atoms with Gasteiger partial charge in [-0.05, 0) is 22.5 Å². The highest BCUT2D eigenvalue weighted by Crippen LogP contribution is 2.62. The first-order valence-electron chi connectivity index (χ1n) is 6.89. The minimum Gasteiger partial charge on any atom is -0.312 e. The number of rotatable bonds is 3. The van der Waals surface area contributed by atoms with Crippen LogP contribution in [0.5, 0.6) is 0 Å². The molecule has 98 valence electrons. The van der Waals surface area contributed by atoms with E-state index in [0.717, 1.165) is 6.54 Å². The van der Waals surface area contributed by atoms with Crippen molar-refractivity contribution in [1.29, 1.82) is 0 Å². The lowest BCUT2D eigenvalue weighted by Crippen LogP contribution is -2.27. The number of benzene rings is 1. The van der Waals surface area contributed by atoms with Gasteiger partial charge >= 0.3 is 0 Å². The molecule has 1 aliphatic heterocycles. The van der Waals surface area contributed by atoms with Gasteiger partial charge in [-0.25, -0.2) is 0 Å². The van der Waals surface area contributed by atoms with Crippen LogP contribution in [0.2, 0.25) is 0 Å². The monoisotopic (exact) mass is 261 g/mol. The van der Waals surface area contributed by atoms with Gasteiger partial charge in [-0.1, -0.05) is 45.9 Å². The van der Waals surface area contributed by atoms with Crippen molar-refractivity contribution in [1.82, 2.24) is 5.32 Å². The highest BCUT2D eigenvalue weighted by molar-refractivity contribution is 7.99. The van der Waals surface area contributed by atoms with Gasteiger partial charge in [0.2, 0.25) is 0 Å². The van der Waals surface area contributed by atoms with Crippen molar-refractivity contribution in [3.8, 4) is 0 Å². The van der Waals surface area contributed by atoms with Crippen LogP contribution in [-0.2, 0) is 0 Å². The Labute approximate surface area is 115 Å². The highest BCUT2D eigenvalue weighted by Gasteiger charge is 2.64. The first-order chi connectivity index (χ1) is 8.44. The summed E-state index contributed by atoms with van der Waals surface area (Å²) in [4.78, 5) is 1.48. The maximum atomic E-state index is 3.81. The summed E-state index contributed by atoms with van der Waals surface area (Å²) in [7, 11) is 0. The van der Waals surface area contributed by atoms with E-state index in [1.807, 2.05) is 11.8 Å². The van der Waals surface area contributed by atoms with Crippen molar-refractivity contribution in [3.63, 3.8) is 0 Å². The average Bonchev–Trinajstić information content (AvgIpc) is 2.67. The van der Waals surface area contributed by atoms with Crippen LogP contribution in [-0.4, -0.2) is 18.3 Å².